The summed E-state index contributed by atoms with van der Waals surface area (Å²) < 4.78 is 4.41. The van der Waals surface area contributed by atoms with Crippen LogP contribution in [0.4, 0.5) is 5.69 Å². The number of carbonyl (C=O) groups excluding carboxylic acids is 3. The van der Waals surface area contributed by atoms with Crippen molar-refractivity contribution in [2.24, 2.45) is 11.8 Å². The molecule has 4 aliphatic heterocycles. The standard InChI is InChI=1S/C31H33N3O5S/c1-39-23-13-11-22(12-14-23)33-17-6-15-31-26(29(37)34(18-7-19-35)27(31)30(33)38)25-24(40-31)10-5-16-32(28(25)36)20-21-8-3-2-4-9-21/h2-6,8-15,24-27,35H,7,16-20H2,1H3/t24-,25+,26-,27?,31-/m0/s1. The number of methoxy groups -OCH3 is 1. The predicted molar refractivity (Wildman–Crippen MR) is 154 cm³/mol. The van der Waals surface area contributed by atoms with Crippen LogP contribution < -0.4 is 9.64 Å². The highest BCUT2D eigenvalue weighted by Crippen LogP contribution is 2.61. The summed E-state index contributed by atoms with van der Waals surface area (Å²) in [6, 6.07) is 16.4. The van der Waals surface area contributed by atoms with E-state index in [1.54, 1.807) is 28.7 Å². The number of benzene rings is 2. The molecule has 2 aromatic carbocycles. The van der Waals surface area contributed by atoms with Gasteiger partial charge >= 0.3 is 0 Å². The Kier molecular flexibility index (Phi) is 7.18. The van der Waals surface area contributed by atoms with Crippen LogP contribution in [0, 0.1) is 11.8 Å². The minimum Gasteiger partial charge on any atom is -0.497 e. The lowest BCUT2D eigenvalue weighted by atomic mass is 9.78. The highest BCUT2D eigenvalue weighted by atomic mass is 32.2. The summed E-state index contributed by atoms with van der Waals surface area (Å²) in [7, 11) is 1.59. The maximum absolute atomic E-state index is 14.4. The Hall–Kier alpha value is -3.56. The number of hydrogen-bond acceptors (Lipinski definition) is 6. The van der Waals surface area contributed by atoms with E-state index in [0.29, 0.717) is 37.5 Å². The summed E-state index contributed by atoms with van der Waals surface area (Å²) in [6.07, 6.45) is 8.41. The Labute approximate surface area is 238 Å². The molecule has 208 valence electrons. The van der Waals surface area contributed by atoms with Gasteiger partial charge in [-0.3, -0.25) is 14.4 Å². The van der Waals surface area contributed by atoms with Crippen LogP contribution in [0.2, 0.25) is 0 Å². The number of aliphatic hydroxyl groups excluding tert-OH is 1. The topological polar surface area (TPSA) is 90.4 Å². The zero-order valence-electron chi connectivity index (χ0n) is 22.4. The number of anilines is 1. The van der Waals surface area contributed by atoms with Crippen LogP contribution in [0.25, 0.3) is 0 Å². The highest BCUT2D eigenvalue weighted by Gasteiger charge is 2.70. The van der Waals surface area contributed by atoms with E-state index in [0.717, 1.165) is 5.56 Å². The van der Waals surface area contributed by atoms with Gasteiger partial charge in [-0.05, 0) is 36.2 Å². The summed E-state index contributed by atoms with van der Waals surface area (Å²) in [5.74, 6) is -0.971. The van der Waals surface area contributed by atoms with Crippen LogP contribution in [0.5, 0.6) is 5.75 Å². The molecular weight excluding hydrogens is 526 g/mol. The number of amides is 3. The Bertz CT molecular complexity index is 1350. The molecule has 0 aromatic heterocycles. The Balaban J connectivity index is 1.38. The number of nitrogens with zero attached hydrogens (tertiary/aromatic N) is 3. The van der Waals surface area contributed by atoms with Gasteiger partial charge in [-0.25, -0.2) is 0 Å². The SMILES string of the molecule is COc1ccc(N2CC=C[C@]34S[C@H]5C=CCN(Cc6ccccc6)C(=O)[C@H]5[C@H]3C(=O)N(CCCO)C4C2=O)cc1. The molecule has 4 aliphatic rings. The lowest BCUT2D eigenvalue weighted by Gasteiger charge is -2.35. The van der Waals surface area contributed by atoms with Crippen molar-refractivity contribution < 1.29 is 24.2 Å². The fourth-order valence-corrected chi connectivity index (χ4v) is 8.62. The summed E-state index contributed by atoms with van der Waals surface area (Å²) >= 11 is 1.57. The third-order valence-corrected chi connectivity index (χ3v) is 10.1. The van der Waals surface area contributed by atoms with Crippen molar-refractivity contribution in [2.75, 3.05) is 38.3 Å². The molecule has 3 amide bonds. The van der Waals surface area contributed by atoms with E-state index in [1.165, 1.54) is 0 Å². The Morgan fingerprint density at radius 1 is 0.975 bits per heavy atom. The zero-order valence-corrected chi connectivity index (χ0v) is 23.2. The third-order valence-electron chi connectivity index (χ3n) is 8.40. The van der Waals surface area contributed by atoms with Crippen molar-refractivity contribution in [2.45, 2.75) is 29.0 Å². The molecule has 0 bridgehead atoms. The molecule has 5 atom stereocenters. The molecule has 2 aromatic rings. The van der Waals surface area contributed by atoms with Crippen LogP contribution in [0.15, 0.2) is 78.9 Å². The second kappa shape index (κ2) is 10.8. The minimum atomic E-state index is -0.879. The van der Waals surface area contributed by atoms with E-state index in [2.05, 4.69) is 6.08 Å². The molecule has 40 heavy (non-hydrogen) atoms. The smallest absolute Gasteiger partial charge is 0.251 e. The average molecular weight is 560 g/mol. The second-order valence-corrected chi connectivity index (χ2v) is 12.1. The van der Waals surface area contributed by atoms with Crippen molar-refractivity contribution in [3.8, 4) is 5.75 Å². The van der Waals surface area contributed by atoms with Gasteiger partial charge in [0.05, 0.1) is 23.7 Å². The van der Waals surface area contributed by atoms with E-state index in [4.69, 9.17) is 4.74 Å². The summed E-state index contributed by atoms with van der Waals surface area (Å²) in [6.45, 7) is 1.46. The van der Waals surface area contributed by atoms with Crippen molar-refractivity contribution in [1.29, 1.82) is 0 Å². The van der Waals surface area contributed by atoms with Gasteiger partial charge in [-0.15, -0.1) is 11.8 Å². The number of ether oxygens (including phenoxy) is 1. The fourth-order valence-electron chi connectivity index (χ4n) is 6.61. The first-order valence-corrected chi connectivity index (χ1v) is 14.6. The molecule has 1 N–H and O–H groups in total. The van der Waals surface area contributed by atoms with E-state index < -0.39 is 22.6 Å². The summed E-state index contributed by atoms with van der Waals surface area (Å²) in [5.41, 5.74) is 1.75. The summed E-state index contributed by atoms with van der Waals surface area (Å²) in [4.78, 5) is 47.9. The number of hydrogen-bond donors (Lipinski definition) is 1. The molecule has 0 aliphatic carbocycles. The van der Waals surface area contributed by atoms with Crippen molar-refractivity contribution in [3.05, 3.63) is 84.5 Å². The van der Waals surface area contributed by atoms with Crippen LogP contribution >= 0.6 is 11.8 Å². The number of likely N-dealkylation sites (tertiary alicyclic amines) is 1. The van der Waals surface area contributed by atoms with E-state index in [-0.39, 0.29) is 36.1 Å². The first-order chi connectivity index (χ1) is 19.5. The lowest BCUT2D eigenvalue weighted by molar-refractivity contribution is -0.143. The Morgan fingerprint density at radius 3 is 2.48 bits per heavy atom. The molecule has 0 radical (unpaired) electrons. The van der Waals surface area contributed by atoms with Gasteiger partial charge in [-0.1, -0.05) is 54.6 Å². The molecule has 1 spiro atoms. The van der Waals surface area contributed by atoms with Gasteiger partial charge in [0.2, 0.25) is 11.8 Å². The van der Waals surface area contributed by atoms with Gasteiger partial charge in [0.1, 0.15) is 11.8 Å². The lowest BCUT2D eigenvalue weighted by Crippen LogP contribution is -2.53. The molecule has 4 heterocycles. The largest absolute Gasteiger partial charge is 0.497 e. The van der Waals surface area contributed by atoms with Gasteiger partial charge in [-0.2, -0.15) is 0 Å². The first kappa shape index (κ1) is 26.7. The van der Waals surface area contributed by atoms with Gasteiger partial charge in [0.25, 0.3) is 5.91 Å². The van der Waals surface area contributed by atoms with Crippen LogP contribution in [0.3, 0.4) is 0 Å². The second-order valence-electron chi connectivity index (χ2n) is 10.6. The number of thioether (sulfide) groups is 1. The maximum Gasteiger partial charge on any atom is 0.251 e. The van der Waals surface area contributed by atoms with Gasteiger partial charge in [0.15, 0.2) is 0 Å². The zero-order chi connectivity index (χ0) is 27.9. The summed E-state index contributed by atoms with van der Waals surface area (Å²) in [5, 5.41) is 9.41. The minimum absolute atomic E-state index is 0.0542. The number of rotatable bonds is 7. The van der Waals surface area contributed by atoms with Crippen molar-refractivity contribution in [3.63, 3.8) is 0 Å². The molecule has 9 heteroatoms. The highest BCUT2D eigenvalue weighted by molar-refractivity contribution is 8.02. The van der Waals surface area contributed by atoms with Crippen LogP contribution in [-0.4, -0.2) is 82.0 Å². The number of fused-ring (bicyclic) bond motifs is 2. The Morgan fingerprint density at radius 2 is 1.75 bits per heavy atom. The fraction of sp³-hybridized carbons (Fsp3) is 0.387. The third kappa shape index (κ3) is 4.32. The molecule has 8 nitrogen and oxygen atoms in total. The van der Waals surface area contributed by atoms with Crippen LogP contribution in [0.1, 0.15) is 12.0 Å². The van der Waals surface area contributed by atoms with E-state index in [1.807, 2.05) is 77.7 Å². The van der Waals surface area contributed by atoms with Gasteiger partial charge in [0, 0.05) is 43.7 Å². The first-order valence-electron chi connectivity index (χ1n) is 13.7. The molecular formula is C31H33N3O5S. The van der Waals surface area contributed by atoms with E-state index >= 15 is 0 Å². The molecule has 2 fully saturated rings. The number of carbonyl (C=O) groups is 3. The molecule has 0 saturated carbocycles. The normalized spacial score (nSPS) is 29.2. The predicted octanol–water partition coefficient (Wildman–Crippen LogP) is 2.88. The maximum atomic E-state index is 14.4. The van der Waals surface area contributed by atoms with Crippen molar-refractivity contribution >= 4 is 35.2 Å². The van der Waals surface area contributed by atoms with Crippen molar-refractivity contribution in [1.82, 2.24) is 9.80 Å². The number of aliphatic hydroxyl groups is 1. The quantitative estimate of drug-likeness (QED) is 0.525. The molecule has 6 rings (SSSR count). The molecule has 1 unspecified atom stereocenters. The monoisotopic (exact) mass is 559 g/mol. The van der Waals surface area contributed by atoms with Crippen LogP contribution in [-0.2, 0) is 20.9 Å². The average Bonchev–Trinajstić information content (AvgIpc) is 3.29. The molecule has 2 saturated heterocycles. The van der Waals surface area contributed by atoms with Gasteiger partial charge < -0.3 is 24.5 Å². The van der Waals surface area contributed by atoms with E-state index in [9.17, 15) is 19.5 Å².